The van der Waals surface area contributed by atoms with E-state index in [0.717, 1.165) is 81.5 Å². The van der Waals surface area contributed by atoms with Crippen molar-refractivity contribution in [3.8, 4) is 0 Å². The van der Waals surface area contributed by atoms with Gasteiger partial charge < -0.3 is 37.9 Å². The first-order valence-corrected chi connectivity index (χ1v) is 28.7. The van der Waals surface area contributed by atoms with Crippen LogP contribution in [-0.4, -0.2) is 98.9 Å². The number of hydrogen-bond acceptors (Lipinski definition) is 14. The van der Waals surface area contributed by atoms with Crippen LogP contribution in [0.2, 0.25) is 0 Å². The molecular weight excluding hydrogens is 1000 g/mol. The lowest BCUT2D eigenvalue weighted by Gasteiger charge is -2.60. The molecule has 466 valence electrons. The van der Waals surface area contributed by atoms with E-state index in [9.17, 15) is 28.8 Å². The van der Waals surface area contributed by atoms with Gasteiger partial charge in [-0.1, -0.05) is 79.2 Å². The minimum atomic E-state index is -0.486. The third kappa shape index (κ3) is 20.3. The summed E-state index contributed by atoms with van der Waals surface area (Å²) in [7, 11) is 0. The molecule has 0 amide bonds. The standard InChI is InChI=1S/C22H36O5.C21H34O5.C16H28O4.6CH4/c1-5-21(3,4)20(24)26-8-7-25-14-19(23)27-22(6-2)17-10-15-9-16(12-17)13-18(22)11-15;1-5-20(2,3)19(23)25-7-6-24-13-18(22)26-21(4)16-9-14-8-15(11-16)12-17(21)10-14;1-5-15(3,4)14(18)19-12-9-13(17)20-16(6-2)10-7-8-11-16;;;;;;/h15-18H,5-14H2,1-4H3;14-17H,5-13H2,1-4H3;5-12H2,1-4H3;6*1H4. The van der Waals surface area contributed by atoms with Crippen molar-refractivity contribution in [1.29, 1.82) is 0 Å². The predicted octanol–water partition coefficient (Wildman–Crippen LogP) is 15.3. The monoisotopic (exact) mass is 1130 g/mol. The third-order valence-electron chi connectivity index (χ3n) is 19.2. The van der Waals surface area contributed by atoms with Gasteiger partial charge in [0.05, 0.1) is 35.9 Å². The SMILES string of the molecule is C.C.C.C.C.C.CCC(C)(C)C(=O)OCCOCC(=O)OC1(C)C2CC3CC(C2)CC1C3.CCC(C)(C)C(=O)OCCOCC(=O)OC1(CC)C2CC3CC(C2)CC1C3.CCC1(OC(=O)CCOC(=O)C(C)(C)CC)CCCC1. The van der Waals surface area contributed by atoms with Gasteiger partial charge in [-0.25, -0.2) is 9.59 Å². The van der Waals surface area contributed by atoms with Crippen molar-refractivity contribution < 1.29 is 66.7 Å². The van der Waals surface area contributed by atoms with E-state index < -0.39 is 16.2 Å². The fraction of sp³-hybridized carbons (Fsp3) is 0.908. The zero-order chi connectivity index (χ0) is 53.8. The molecule has 0 aromatic heterocycles. The summed E-state index contributed by atoms with van der Waals surface area (Å²) >= 11 is 0. The summed E-state index contributed by atoms with van der Waals surface area (Å²) in [5.41, 5.74) is -2.29. The molecule has 9 fully saturated rings. The van der Waals surface area contributed by atoms with Crippen LogP contribution in [-0.2, 0) is 66.7 Å². The largest absolute Gasteiger partial charge is 0.465 e. The Morgan fingerprint density at radius 3 is 1.10 bits per heavy atom. The number of rotatable bonds is 24. The van der Waals surface area contributed by atoms with E-state index in [1.165, 1.54) is 64.2 Å². The van der Waals surface area contributed by atoms with Crippen molar-refractivity contribution in [3.63, 3.8) is 0 Å². The summed E-state index contributed by atoms with van der Waals surface area (Å²) in [6.45, 7) is 24.1. The molecule has 0 aromatic carbocycles. The molecule has 0 aliphatic heterocycles. The quantitative estimate of drug-likeness (QED) is 0.0507. The molecule has 9 aliphatic rings. The van der Waals surface area contributed by atoms with Crippen LogP contribution in [0.15, 0.2) is 0 Å². The Hall–Kier alpha value is -3.26. The molecule has 0 atom stereocenters. The zero-order valence-electron chi connectivity index (χ0n) is 47.4. The Balaban J connectivity index is 0. The van der Waals surface area contributed by atoms with Gasteiger partial charge in [0.25, 0.3) is 0 Å². The molecule has 9 rings (SSSR count). The van der Waals surface area contributed by atoms with Crippen LogP contribution in [0.4, 0.5) is 0 Å². The summed E-state index contributed by atoms with van der Waals surface area (Å²) in [5.74, 6) is 3.96. The highest BCUT2D eigenvalue weighted by Gasteiger charge is 2.59. The van der Waals surface area contributed by atoms with Gasteiger partial charge in [0.2, 0.25) is 0 Å². The fourth-order valence-electron chi connectivity index (χ4n) is 13.4. The predicted molar refractivity (Wildman–Crippen MR) is 317 cm³/mol. The summed E-state index contributed by atoms with van der Waals surface area (Å²) in [6.07, 6.45) is 20.7. The highest BCUT2D eigenvalue weighted by atomic mass is 16.6. The first-order valence-electron chi connectivity index (χ1n) is 28.7. The Bertz CT molecular complexity index is 1790. The molecule has 0 unspecified atom stereocenters. The Labute approximate surface area is 483 Å². The van der Waals surface area contributed by atoms with Crippen LogP contribution in [0.25, 0.3) is 0 Å². The van der Waals surface area contributed by atoms with Gasteiger partial charge in [-0.15, -0.1) is 0 Å². The number of hydrogen-bond donors (Lipinski definition) is 0. The molecule has 0 spiro atoms. The van der Waals surface area contributed by atoms with Gasteiger partial charge in [-0.2, -0.15) is 0 Å². The summed E-state index contributed by atoms with van der Waals surface area (Å²) in [4.78, 5) is 72.1. The Morgan fingerprint density at radius 1 is 0.418 bits per heavy atom. The number of esters is 6. The molecule has 9 aliphatic carbocycles. The Kier molecular flexibility index (Phi) is 33.2. The van der Waals surface area contributed by atoms with E-state index in [0.29, 0.717) is 23.7 Å². The number of carbonyl (C=O) groups is 6. The van der Waals surface area contributed by atoms with Gasteiger partial charge in [0, 0.05) is 0 Å². The molecule has 0 radical (unpaired) electrons. The molecule has 0 heterocycles. The number of ether oxygens (including phenoxy) is 8. The van der Waals surface area contributed by atoms with Crippen molar-refractivity contribution >= 4 is 35.8 Å². The molecule has 0 saturated heterocycles. The van der Waals surface area contributed by atoms with Crippen LogP contribution in [0.3, 0.4) is 0 Å². The van der Waals surface area contributed by atoms with E-state index in [1.807, 2.05) is 62.3 Å². The molecule has 0 aromatic rings. The lowest BCUT2D eigenvalue weighted by atomic mass is 9.49. The summed E-state index contributed by atoms with van der Waals surface area (Å²) in [6, 6.07) is 0. The fourth-order valence-corrected chi connectivity index (χ4v) is 13.4. The first-order chi connectivity index (χ1) is 34.4. The van der Waals surface area contributed by atoms with Crippen LogP contribution in [0, 0.1) is 63.6 Å². The maximum absolute atomic E-state index is 12.4. The summed E-state index contributed by atoms with van der Waals surface area (Å²) < 4.78 is 44.1. The average Bonchev–Trinajstić information content (AvgIpc) is 3.82. The van der Waals surface area contributed by atoms with Crippen LogP contribution in [0.1, 0.15) is 256 Å². The molecular formula is C65H122O14. The van der Waals surface area contributed by atoms with Crippen molar-refractivity contribution in [1.82, 2.24) is 0 Å². The molecule has 79 heavy (non-hydrogen) atoms. The molecule has 9 saturated carbocycles. The van der Waals surface area contributed by atoms with Crippen LogP contribution < -0.4 is 0 Å². The molecule has 14 heteroatoms. The van der Waals surface area contributed by atoms with Gasteiger partial charge in [-0.3, -0.25) is 19.2 Å². The zero-order valence-corrected chi connectivity index (χ0v) is 47.4. The smallest absolute Gasteiger partial charge is 0.332 e. The van der Waals surface area contributed by atoms with E-state index >= 15 is 0 Å². The highest BCUT2D eigenvalue weighted by Crippen LogP contribution is 2.61. The molecule has 14 nitrogen and oxygen atoms in total. The maximum Gasteiger partial charge on any atom is 0.332 e. The highest BCUT2D eigenvalue weighted by molar-refractivity contribution is 5.77. The van der Waals surface area contributed by atoms with E-state index in [-0.39, 0.29) is 150 Å². The minimum Gasteiger partial charge on any atom is -0.465 e. The third-order valence-corrected chi connectivity index (χ3v) is 19.2. The molecule has 0 N–H and O–H groups in total. The van der Waals surface area contributed by atoms with Crippen molar-refractivity contribution in [2.45, 2.75) is 273 Å². The van der Waals surface area contributed by atoms with Gasteiger partial charge in [0.1, 0.15) is 49.8 Å². The van der Waals surface area contributed by atoms with Crippen LogP contribution in [0.5, 0.6) is 0 Å². The van der Waals surface area contributed by atoms with Crippen molar-refractivity contribution in [2.75, 3.05) is 46.2 Å². The van der Waals surface area contributed by atoms with Crippen molar-refractivity contribution in [2.24, 2.45) is 63.6 Å². The second kappa shape index (κ2) is 33.7. The van der Waals surface area contributed by atoms with E-state index in [1.54, 1.807) is 0 Å². The summed E-state index contributed by atoms with van der Waals surface area (Å²) in [5, 5.41) is 0. The second-order valence-corrected chi connectivity index (χ2v) is 25.2. The topological polar surface area (TPSA) is 176 Å². The van der Waals surface area contributed by atoms with Gasteiger partial charge in [-0.05, 0) is 218 Å². The van der Waals surface area contributed by atoms with E-state index in [2.05, 4.69) is 20.8 Å². The molecule has 8 bridgehead atoms. The normalized spacial score (nSPS) is 27.9. The number of carbonyl (C=O) groups excluding carboxylic acids is 6. The van der Waals surface area contributed by atoms with E-state index in [4.69, 9.17) is 37.9 Å². The van der Waals surface area contributed by atoms with Crippen LogP contribution >= 0.6 is 0 Å². The minimum absolute atomic E-state index is 0. The first kappa shape index (κ1) is 77.8. The van der Waals surface area contributed by atoms with Gasteiger partial charge in [0.15, 0.2) is 0 Å². The lowest BCUT2D eigenvalue weighted by molar-refractivity contribution is -0.214. The Morgan fingerprint density at radius 2 is 0.759 bits per heavy atom. The average molecular weight is 1130 g/mol. The van der Waals surface area contributed by atoms with Crippen molar-refractivity contribution in [3.05, 3.63) is 0 Å². The second-order valence-electron chi connectivity index (χ2n) is 25.2. The maximum atomic E-state index is 12.4. The van der Waals surface area contributed by atoms with Gasteiger partial charge >= 0.3 is 35.8 Å². The lowest BCUT2D eigenvalue weighted by Crippen LogP contribution is -2.59.